The first-order chi connectivity index (χ1) is 13.9. The Morgan fingerprint density at radius 3 is 2.52 bits per heavy atom. The zero-order chi connectivity index (χ0) is 20.9. The number of sulfone groups is 1. The van der Waals surface area contributed by atoms with Crippen molar-refractivity contribution in [2.45, 2.75) is 36.0 Å². The topological polar surface area (TPSA) is 69.7 Å². The largest absolute Gasteiger partial charge is 0.370 e. The molecule has 1 aliphatic rings. The van der Waals surface area contributed by atoms with E-state index in [1.807, 2.05) is 13.0 Å². The van der Waals surface area contributed by atoms with E-state index in [0.717, 1.165) is 38.3 Å². The summed E-state index contributed by atoms with van der Waals surface area (Å²) in [6.07, 6.45) is 2.09. The number of likely N-dealkylation sites (N-methyl/N-ethyl adjacent to an activating group) is 1. The highest BCUT2D eigenvalue weighted by atomic mass is 32.2. The van der Waals surface area contributed by atoms with Crippen LogP contribution in [-0.2, 0) is 14.6 Å². The summed E-state index contributed by atoms with van der Waals surface area (Å²) in [6.45, 7) is 5.67. The summed E-state index contributed by atoms with van der Waals surface area (Å²) >= 11 is 0. The van der Waals surface area contributed by atoms with Crippen LogP contribution in [0, 0.1) is 0 Å². The first kappa shape index (κ1) is 21.3. The van der Waals surface area contributed by atoms with Crippen LogP contribution in [0.15, 0.2) is 58.3 Å². The van der Waals surface area contributed by atoms with Crippen LogP contribution in [-0.4, -0.2) is 52.5 Å². The van der Waals surface area contributed by atoms with Gasteiger partial charge >= 0.3 is 0 Å². The average molecular weight is 416 g/mol. The molecule has 0 radical (unpaired) electrons. The number of anilines is 2. The van der Waals surface area contributed by atoms with Crippen molar-refractivity contribution in [3.63, 3.8) is 0 Å². The number of nitrogens with zero attached hydrogens (tertiary/aromatic N) is 2. The third-order valence-electron chi connectivity index (χ3n) is 5.14. The van der Waals surface area contributed by atoms with Gasteiger partial charge in [-0.1, -0.05) is 25.1 Å². The van der Waals surface area contributed by atoms with E-state index in [0.29, 0.717) is 18.5 Å². The molecule has 2 aromatic rings. The highest BCUT2D eigenvalue weighted by molar-refractivity contribution is 7.91. The number of carbonyl (C=O) groups is 1. The van der Waals surface area contributed by atoms with Crippen LogP contribution in [0.3, 0.4) is 0 Å². The second kappa shape index (κ2) is 9.41. The molecule has 1 amide bonds. The van der Waals surface area contributed by atoms with E-state index in [1.54, 1.807) is 42.5 Å². The second-order valence-electron chi connectivity index (χ2n) is 7.44. The molecule has 1 heterocycles. The van der Waals surface area contributed by atoms with Crippen LogP contribution in [0.5, 0.6) is 0 Å². The molecular weight excluding hydrogens is 386 g/mol. The molecule has 0 unspecified atom stereocenters. The zero-order valence-corrected chi connectivity index (χ0v) is 17.9. The lowest BCUT2D eigenvalue weighted by atomic mass is 10.2. The Bertz CT molecular complexity index is 945. The maximum atomic E-state index is 13.2. The number of benzene rings is 2. The predicted molar refractivity (Wildman–Crippen MR) is 116 cm³/mol. The molecule has 2 aromatic carbocycles. The predicted octanol–water partition coefficient (Wildman–Crippen LogP) is 3.40. The molecule has 0 saturated carbocycles. The minimum Gasteiger partial charge on any atom is -0.370 e. The molecule has 3 rings (SSSR count). The van der Waals surface area contributed by atoms with Crippen LogP contribution < -0.4 is 10.2 Å². The lowest BCUT2D eigenvalue weighted by Gasteiger charge is -2.24. The smallest absolute Gasteiger partial charge is 0.224 e. The van der Waals surface area contributed by atoms with Crippen molar-refractivity contribution in [2.24, 2.45) is 0 Å². The molecule has 0 spiro atoms. The van der Waals surface area contributed by atoms with Gasteiger partial charge in [0.25, 0.3) is 0 Å². The fourth-order valence-corrected chi connectivity index (χ4v) is 4.93. The fourth-order valence-electron chi connectivity index (χ4n) is 3.52. The Morgan fingerprint density at radius 1 is 1.03 bits per heavy atom. The maximum Gasteiger partial charge on any atom is 0.224 e. The molecule has 7 heteroatoms. The molecule has 156 valence electrons. The Kier molecular flexibility index (Phi) is 6.92. The molecule has 6 nitrogen and oxygen atoms in total. The van der Waals surface area contributed by atoms with E-state index < -0.39 is 9.84 Å². The Labute approximate surface area is 173 Å². The standard InChI is InChI=1S/C22H29N3O3S/c1-3-8-22(26)23-20-17-18(25-14-7-13-24(2)15-16-25)11-12-21(20)29(27,28)19-9-5-4-6-10-19/h4-6,9-12,17H,3,7-8,13-16H2,1-2H3,(H,23,26). The van der Waals surface area contributed by atoms with Crippen molar-refractivity contribution in [2.75, 3.05) is 43.4 Å². The van der Waals surface area contributed by atoms with Crippen LogP contribution in [0.25, 0.3) is 0 Å². The minimum atomic E-state index is -3.74. The molecule has 29 heavy (non-hydrogen) atoms. The number of rotatable bonds is 6. The summed E-state index contributed by atoms with van der Waals surface area (Å²) in [7, 11) is -1.63. The van der Waals surface area contributed by atoms with E-state index in [-0.39, 0.29) is 15.7 Å². The summed E-state index contributed by atoms with van der Waals surface area (Å²) in [5, 5.41) is 2.84. The van der Waals surface area contributed by atoms with Gasteiger partial charge in [-0.05, 0) is 56.8 Å². The molecule has 1 N–H and O–H groups in total. The van der Waals surface area contributed by atoms with E-state index in [4.69, 9.17) is 0 Å². The van der Waals surface area contributed by atoms with Crippen LogP contribution in [0.2, 0.25) is 0 Å². The van der Waals surface area contributed by atoms with E-state index in [1.165, 1.54) is 0 Å². The summed E-state index contributed by atoms with van der Waals surface area (Å²) < 4.78 is 26.4. The highest BCUT2D eigenvalue weighted by Crippen LogP contribution is 2.32. The highest BCUT2D eigenvalue weighted by Gasteiger charge is 2.24. The second-order valence-corrected chi connectivity index (χ2v) is 9.36. The number of carbonyl (C=O) groups excluding carboxylic acids is 1. The monoisotopic (exact) mass is 415 g/mol. The van der Waals surface area contributed by atoms with Crippen LogP contribution >= 0.6 is 0 Å². The van der Waals surface area contributed by atoms with Gasteiger partial charge in [-0.25, -0.2) is 8.42 Å². The van der Waals surface area contributed by atoms with Crippen molar-refractivity contribution in [3.05, 3.63) is 48.5 Å². The third kappa shape index (κ3) is 5.16. The normalized spacial score (nSPS) is 15.7. The van der Waals surface area contributed by atoms with E-state index >= 15 is 0 Å². The van der Waals surface area contributed by atoms with Gasteiger partial charge in [0.2, 0.25) is 15.7 Å². The Balaban J connectivity index is 2.00. The molecule has 1 saturated heterocycles. The minimum absolute atomic E-state index is 0.129. The molecule has 0 bridgehead atoms. The van der Waals surface area contributed by atoms with Crippen LogP contribution in [0.4, 0.5) is 11.4 Å². The fraction of sp³-hybridized carbons (Fsp3) is 0.409. The first-order valence-electron chi connectivity index (χ1n) is 10.1. The van der Waals surface area contributed by atoms with Gasteiger partial charge < -0.3 is 15.1 Å². The molecule has 1 fully saturated rings. The molecule has 0 aromatic heterocycles. The van der Waals surface area contributed by atoms with Crippen molar-refractivity contribution in [3.8, 4) is 0 Å². The van der Waals surface area contributed by atoms with Gasteiger partial charge in [0, 0.05) is 31.7 Å². The van der Waals surface area contributed by atoms with Gasteiger partial charge in [-0.2, -0.15) is 0 Å². The van der Waals surface area contributed by atoms with Gasteiger partial charge in [0.1, 0.15) is 0 Å². The average Bonchev–Trinajstić information content (AvgIpc) is 2.93. The van der Waals surface area contributed by atoms with Crippen molar-refractivity contribution < 1.29 is 13.2 Å². The van der Waals surface area contributed by atoms with Crippen molar-refractivity contribution >= 4 is 27.1 Å². The number of hydrogen-bond acceptors (Lipinski definition) is 5. The lowest BCUT2D eigenvalue weighted by Crippen LogP contribution is -2.29. The Hall–Kier alpha value is -2.38. The Morgan fingerprint density at radius 2 is 1.79 bits per heavy atom. The number of nitrogens with one attached hydrogen (secondary N) is 1. The molecule has 0 aliphatic carbocycles. The summed E-state index contributed by atoms with van der Waals surface area (Å²) in [5.41, 5.74) is 1.28. The number of amides is 1. The number of hydrogen-bond donors (Lipinski definition) is 1. The van der Waals surface area contributed by atoms with Crippen molar-refractivity contribution in [1.29, 1.82) is 0 Å². The summed E-state index contributed by atoms with van der Waals surface area (Å²) in [5.74, 6) is -0.176. The lowest BCUT2D eigenvalue weighted by molar-refractivity contribution is -0.116. The quantitative estimate of drug-likeness (QED) is 0.783. The summed E-state index contributed by atoms with van der Waals surface area (Å²) in [6, 6.07) is 13.6. The third-order valence-corrected chi connectivity index (χ3v) is 6.97. The van der Waals surface area contributed by atoms with E-state index in [2.05, 4.69) is 22.2 Å². The van der Waals surface area contributed by atoms with Gasteiger partial charge in [-0.15, -0.1) is 0 Å². The van der Waals surface area contributed by atoms with Gasteiger partial charge in [0.15, 0.2) is 0 Å². The van der Waals surface area contributed by atoms with Crippen molar-refractivity contribution in [1.82, 2.24) is 4.90 Å². The van der Waals surface area contributed by atoms with Crippen LogP contribution in [0.1, 0.15) is 26.2 Å². The zero-order valence-electron chi connectivity index (χ0n) is 17.1. The maximum absolute atomic E-state index is 13.2. The van der Waals surface area contributed by atoms with Gasteiger partial charge in [0.05, 0.1) is 15.5 Å². The van der Waals surface area contributed by atoms with Gasteiger partial charge in [-0.3, -0.25) is 4.79 Å². The molecular formula is C22H29N3O3S. The first-order valence-corrected chi connectivity index (χ1v) is 11.6. The summed E-state index contributed by atoms with van der Waals surface area (Å²) in [4.78, 5) is 17.2. The van der Waals surface area contributed by atoms with E-state index in [9.17, 15) is 13.2 Å². The SMILES string of the molecule is CCCC(=O)Nc1cc(N2CCCN(C)CC2)ccc1S(=O)(=O)c1ccccc1. The molecule has 1 aliphatic heterocycles. The molecule has 0 atom stereocenters.